The summed E-state index contributed by atoms with van der Waals surface area (Å²) >= 11 is 0. The lowest BCUT2D eigenvalue weighted by molar-refractivity contribution is 0.844. The molecule has 1 aromatic carbocycles. The molecule has 0 saturated heterocycles. The molecule has 0 unspecified atom stereocenters. The second-order valence-electron chi connectivity index (χ2n) is 3.66. The van der Waals surface area contributed by atoms with Gasteiger partial charge in [0.1, 0.15) is 0 Å². The van der Waals surface area contributed by atoms with Crippen LogP contribution in [0.15, 0.2) is 48.7 Å². The van der Waals surface area contributed by atoms with Crippen molar-refractivity contribution in [3.05, 3.63) is 54.3 Å². The van der Waals surface area contributed by atoms with Crippen LogP contribution in [0.4, 0.5) is 5.69 Å². The average Bonchev–Trinajstić information content (AvgIpc) is 2.20. The minimum Gasteiger partial charge on any atom is -0.341 e. The molecule has 1 heterocycles. The molecule has 0 saturated carbocycles. The molecule has 0 bridgehead atoms. The monoisotopic (exact) mass is 185 g/mol. The third kappa shape index (κ3) is 1.58. The number of benzene rings is 1. The highest BCUT2D eigenvalue weighted by molar-refractivity contribution is 5.57. The van der Waals surface area contributed by atoms with Gasteiger partial charge in [-0.3, -0.25) is 0 Å². The molecule has 0 N–H and O–H groups in total. The summed E-state index contributed by atoms with van der Waals surface area (Å²) in [4.78, 5) is 2.29. The summed E-state index contributed by atoms with van der Waals surface area (Å²) < 4.78 is 0. The number of hydrogen-bond donors (Lipinski definition) is 0. The number of nitrogens with zero attached hydrogens (tertiary/aromatic N) is 1. The predicted octanol–water partition coefficient (Wildman–Crippen LogP) is 3.27. The molecule has 0 fully saturated rings. The number of rotatable bonds is 1. The minimum atomic E-state index is 0.445. The highest BCUT2D eigenvalue weighted by Gasteiger charge is 2.12. The van der Waals surface area contributed by atoms with Crippen molar-refractivity contribution in [1.82, 2.24) is 0 Å². The second kappa shape index (κ2) is 3.70. The molecule has 1 aliphatic rings. The second-order valence-corrected chi connectivity index (χ2v) is 3.66. The molecule has 1 aromatic rings. The molecule has 0 aliphatic carbocycles. The van der Waals surface area contributed by atoms with Crippen molar-refractivity contribution in [3.8, 4) is 0 Å². The van der Waals surface area contributed by atoms with Gasteiger partial charge < -0.3 is 4.90 Å². The van der Waals surface area contributed by atoms with Crippen molar-refractivity contribution in [2.24, 2.45) is 0 Å². The van der Waals surface area contributed by atoms with Crippen LogP contribution in [-0.4, -0.2) is 6.04 Å². The van der Waals surface area contributed by atoms with Crippen LogP contribution in [0, 0.1) is 6.92 Å². The van der Waals surface area contributed by atoms with Gasteiger partial charge in [-0.2, -0.15) is 0 Å². The van der Waals surface area contributed by atoms with Crippen molar-refractivity contribution in [1.29, 1.82) is 0 Å². The first-order chi connectivity index (χ1) is 6.79. The molecule has 1 atom stereocenters. The Labute approximate surface area is 85.4 Å². The number of anilines is 1. The third-order valence-electron chi connectivity index (χ3n) is 2.58. The molecular formula is C13H15N. The van der Waals surface area contributed by atoms with Crippen LogP contribution in [0.25, 0.3) is 0 Å². The summed E-state index contributed by atoms with van der Waals surface area (Å²) in [5.74, 6) is 0. The van der Waals surface area contributed by atoms with Crippen LogP contribution in [0.3, 0.4) is 0 Å². The predicted molar refractivity (Wildman–Crippen MR) is 61.4 cm³/mol. The van der Waals surface area contributed by atoms with Gasteiger partial charge >= 0.3 is 0 Å². The highest BCUT2D eigenvalue weighted by atomic mass is 15.1. The van der Waals surface area contributed by atoms with E-state index in [1.54, 1.807) is 0 Å². The van der Waals surface area contributed by atoms with E-state index in [0.29, 0.717) is 6.04 Å². The van der Waals surface area contributed by atoms with Crippen molar-refractivity contribution >= 4 is 5.69 Å². The quantitative estimate of drug-likeness (QED) is 0.649. The van der Waals surface area contributed by atoms with Crippen LogP contribution in [0.2, 0.25) is 0 Å². The summed E-state index contributed by atoms with van der Waals surface area (Å²) in [6.45, 7) is 4.35. The van der Waals surface area contributed by atoms with Crippen molar-refractivity contribution in [2.75, 3.05) is 4.90 Å². The topological polar surface area (TPSA) is 3.24 Å². The number of aryl methyl sites for hydroxylation is 1. The maximum atomic E-state index is 2.29. The molecule has 1 nitrogen and oxygen atoms in total. The Kier molecular flexibility index (Phi) is 2.40. The maximum Gasteiger partial charge on any atom is 0.0491 e. The molecule has 0 amide bonds. The van der Waals surface area contributed by atoms with Gasteiger partial charge in [0.15, 0.2) is 0 Å². The third-order valence-corrected chi connectivity index (χ3v) is 2.58. The lowest BCUT2D eigenvalue weighted by atomic mass is 10.1. The zero-order chi connectivity index (χ0) is 9.97. The van der Waals surface area contributed by atoms with Gasteiger partial charge in [0.05, 0.1) is 0 Å². The molecule has 1 heteroatoms. The van der Waals surface area contributed by atoms with Crippen LogP contribution in [0.5, 0.6) is 0 Å². The standard InChI is InChI=1S/C13H15N/c1-11-7-3-4-9-13(11)14-10-6-5-8-12(14)2/h3-10,12H,1-2H3/t12-/m0/s1. The van der Waals surface area contributed by atoms with E-state index in [1.807, 2.05) is 0 Å². The zero-order valence-corrected chi connectivity index (χ0v) is 8.64. The van der Waals surface area contributed by atoms with E-state index in [2.05, 4.69) is 67.4 Å². The SMILES string of the molecule is Cc1ccccc1N1C=CC=C[C@@H]1C. The van der Waals surface area contributed by atoms with E-state index in [-0.39, 0.29) is 0 Å². The Morgan fingerprint density at radius 3 is 2.64 bits per heavy atom. The lowest BCUT2D eigenvalue weighted by Crippen LogP contribution is -2.27. The molecule has 72 valence electrons. The van der Waals surface area contributed by atoms with E-state index in [1.165, 1.54) is 11.3 Å². The number of hydrogen-bond acceptors (Lipinski definition) is 1. The van der Waals surface area contributed by atoms with E-state index in [9.17, 15) is 0 Å². The van der Waals surface area contributed by atoms with Gasteiger partial charge in [0.25, 0.3) is 0 Å². The first-order valence-electron chi connectivity index (χ1n) is 4.98. The molecule has 1 aliphatic heterocycles. The fraction of sp³-hybridized carbons (Fsp3) is 0.231. The first-order valence-corrected chi connectivity index (χ1v) is 4.98. The zero-order valence-electron chi connectivity index (χ0n) is 8.64. The molecule has 2 rings (SSSR count). The van der Waals surface area contributed by atoms with Crippen molar-refractivity contribution in [3.63, 3.8) is 0 Å². The van der Waals surface area contributed by atoms with Crippen molar-refractivity contribution < 1.29 is 0 Å². The summed E-state index contributed by atoms with van der Waals surface area (Å²) in [6, 6.07) is 8.92. The molecule has 0 spiro atoms. The van der Waals surface area contributed by atoms with Crippen LogP contribution >= 0.6 is 0 Å². The maximum absolute atomic E-state index is 2.29. The van der Waals surface area contributed by atoms with Crippen LogP contribution < -0.4 is 4.90 Å². The van der Waals surface area contributed by atoms with E-state index in [0.717, 1.165) is 0 Å². The fourth-order valence-corrected chi connectivity index (χ4v) is 1.75. The largest absolute Gasteiger partial charge is 0.341 e. The normalized spacial score (nSPS) is 20.1. The molecule has 0 radical (unpaired) electrons. The summed E-state index contributed by atoms with van der Waals surface area (Å²) in [5.41, 5.74) is 2.61. The number of allylic oxidation sites excluding steroid dienone is 2. The summed E-state index contributed by atoms with van der Waals surface area (Å²) in [5, 5.41) is 0. The first kappa shape index (κ1) is 9.07. The van der Waals surface area contributed by atoms with Crippen molar-refractivity contribution in [2.45, 2.75) is 19.9 Å². The van der Waals surface area contributed by atoms with Crippen LogP contribution in [-0.2, 0) is 0 Å². The Morgan fingerprint density at radius 2 is 1.93 bits per heavy atom. The van der Waals surface area contributed by atoms with Gasteiger partial charge in [0.2, 0.25) is 0 Å². The van der Waals surface area contributed by atoms with E-state index >= 15 is 0 Å². The Bertz CT molecular complexity index is 377. The highest BCUT2D eigenvalue weighted by Crippen LogP contribution is 2.23. The number of para-hydroxylation sites is 1. The van der Waals surface area contributed by atoms with Gasteiger partial charge in [-0.25, -0.2) is 0 Å². The van der Waals surface area contributed by atoms with Crippen LogP contribution in [0.1, 0.15) is 12.5 Å². The van der Waals surface area contributed by atoms with Gasteiger partial charge in [-0.15, -0.1) is 0 Å². The Hall–Kier alpha value is -1.50. The Balaban J connectivity index is 2.36. The van der Waals surface area contributed by atoms with Gasteiger partial charge in [-0.05, 0) is 31.6 Å². The molecular weight excluding hydrogens is 170 g/mol. The van der Waals surface area contributed by atoms with E-state index in [4.69, 9.17) is 0 Å². The Morgan fingerprint density at radius 1 is 1.14 bits per heavy atom. The molecule has 0 aromatic heterocycles. The smallest absolute Gasteiger partial charge is 0.0491 e. The molecule has 14 heavy (non-hydrogen) atoms. The minimum absolute atomic E-state index is 0.445. The summed E-state index contributed by atoms with van der Waals surface area (Å²) in [6.07, 6.45) is 8.51. The lowest BCUT2D eigenvalue weighted by Gasteiger charge is -2.28. The van der Waals surface area contributed by atoms with Gasteiger partial charge in [-0.1, -0.05) is 30.4 Å². The average molecular weight is 185 g/mol. The fourth-order valence-electron chi connectivity index (χ4n) is 1.75. The summed E-state index contributed by atoms with van der Waals surface area (Å²) in [7, 11) is 0. The van der Waals surface area contributed by atoms with E-state index < -0.39 is 0 Å². The van der Waals surface area contributed by atoms with Gasteiger partial charge in [0, 0.05) is 17.9 Å².